The Kier molecular flexibility index (Phi) is 11.4. The monoisotopic (exact) mass is 709 g/mol. The largest absolute Gasteiger partial charge is 0.453 e. The summed E-state index contributed by atoms with van der Waals surface area (Å²) in [6.45, 7) is 7.16. The van der Waals surface area contributed by atoms with Crippen LogP contribution in [0.25, 0.3) is 33.6 Å². The molecule has 1 fully saturated rings. The van der Waals surface area contributed by atoms with Crippen LogP contribution in [-0.2, 0) is 19.0 Å². The molecule has 3 amide bonds. The number of nitrogens with one attached hydrogen (secondary N) is 4. The number of benzene rings is 2. The van der Waals surface area contributed by atoms with E-state index in [0.717, 1.165) is 52.3 Å². The van der Waals surface area contributed by atoms with Gasteiger partial charge in [0.25, 0.3) is 0 Å². The number of methoxy groups -OCH3 is 1. The van der Waals surface area contributed by atoms with E-state index in [1.165, 1.54) is 7.11 Å². The van der Waals surface area contributed by atoms with E-state index >= 15 is 0 Å². The number of hydrogen-bond acceptors (Lipinski definition) is 8. The molecule has 4 N–H and O–H groups in total. The zero-order valence-electron chi connectivity index (χ0n) is 30.1. The van der Waals surface area contributed by atoms with Gasteiger partial charge in [-0.25, -0.2) is 19.6 Å². The zero-order chi connectivity index (χ0) is 36.7. The number of carbonyl (C=O) groups is 3. The van der Waals surface area contributed by atoms with Crippen molar-refractivity contribution in [3.8, 4) is 33.6 Å². The number of rotatable bonds is 6. The van der Waals surface area contributed by atoms with Crippen LogP contribution in [-0.4, -0.2) is 81.4 Å². The number of allylic oxidation sites excluding steroid dienone is 1. The number of H-pyrrole nitrogens is 2. The normalized spacial score (nSPS) is 20.0. The first-order valence-corrected chi connectivity index (χ1v) is 17.8. The lowest BCUT2D eigenvalue weighted by Crippen LogP contribution is -2.48. The summed E-state index contributed by atoms with van der Waals surface area (Å²) in [6, 6.07) is 15.1. The first-order valence-electron chi connectivity index (χ1n) is 17.8. The number of ether oxygens (including phenoxy) is 3. The predicted molar refractivity (Wildman–Crippen MR) is 196 cm³/mol. The van der Waals surface area contributed by atoms with Crippen LogP contribution in [0.2, 0.25) is 0 Å². The second-order valence-electron chi connectivity index (χ2n) is 14.0. The Labute approximate surface area is 303 Å². The van der Waals surface area contributed by atoms with Crippen LogP contribution in [0, 0.1) is 0 Å². The molecule has 2 aromatic heterocycles. The third kappa shape index (κ3) is 9.07. The molecule has 13 nitrogen and oxygen atoms in total. The van der Waals surface area contributed by atoms with Crippen molar-refractivity contribution in [2.75, 3.05) is 26.9 Å². The number of alkyl carbamates (subject to hydrolysis) is 1. The highest BCUT2D eigenvalue weighted by molar-refractivity contribution is 5.86. The fourth-order valence-electron chi connectivity index (χ4n) is 6.41. The van der Waals surface area contributed by atoms with Gasteiger partial charge < -0.3 is 34.8 Å². The Morgan fingerprint density at radius 1 is 0.865 bits per heavy atom. The van der Waals surface area contributed by atoms with Crippen LogP contribution in [0.3, 0.4) is 0 Å². The predicted octanol–water partition coefficient (Wildman–Crippen LogP) is 6.84. The summed E-state index contributed by atoms with van der Waals surface area (Å²) in [5.41, 5.74) is 5.21. The maximum absolute atomic E-state index is 13.2. The highest BCUT2D eigenvalue weighted by Crippen LogP contribution is 2.33. The third-order valence-corrected chi connectivity index (χ3v) is 9.11. The van der Waals surface area contributed by atoms with Gasteiger partial charge in [-0.15, -0.1) is 0 Å². The summed E-state index contributed by atoms with van der Waals surface area (Å²) in [7, 11) is 1.27. The van der Waals surface area contributed by atoms with Gasteiger partial charge in [-0.05, 0) is 75.1 Å². The molecule has 2 aromatic carbocycles. The van der Waals surface area contributed by atoms with E-state index in [2.05, 4.69) is 67.0 Å². The average Bonchev–Trinajstić information content (AvgIpc) is 3.92. The van der Waals surface area contributed by atoms with Crippen LogP contribution in [0.5, 0.6) is 0 Å². The Balaban J connectivity index is 1.11. The summed E-state index contributed by atoms with van der Waals surface area (Å²) < 4.78 is 16.1. The topological polar surface area (TPSA) is 164 Å². The van der Waals surface area contributed by atoms with Crippen LogP contribution >= 0.6 is 0 Å². The van der Waals surface area contributed by atoms with Gasteiger partial charge in [0, 0.05) is 13.2 Å². The van der Waals surface area contributed by atoms with E-state index in [1.807, 2.05) is 51.3 Å². The van der Waals surface area contributed by atoms with Crippen molar-refractivity contribution in [2.45, 2.75) is 76.6 Å². The number of aromatic amines is 2. The zero-order valence-corrected chi connectivity index (χ0v) is 30.1. The van der Waals surface area contributed by atoms with E-state index < -0.39 is 23.8 Å². The minimum Gasteiger partial charge on any atom is -0.453 e. The van der Waals surface area contributed by atoms with Gasteiger partial charge >= 0.3 is 12.2 Å². The van der Waals surface area contributed by atoms with Crippen molar-refractivity contribution < 1.29 is 28.6 Å². The molecular weight excluding hydrogens is 662 g/mol. The average molecular weight is 710 g/mol. The summed E-state index contributed by atoms with van der Waals surface area (Å²) in [5.74, 6) is 1.05. The van der Waals surface area contributed by atoms with Gasteiger partial charge in [0.2, 0.25) is 5.91 Å². The molecule has 2 aliphatic rings. The molecule has 0 saturated carbocycles. The smallest absolute Gasteiger partial charge is 0.410 e. The summed E-state index contributed by atoms with van der Waals surface area (Å²) in [4.78, 5) is 55.8. The Hall–Kier alpha value is -5.43. The molecular formula is C39H47N7O6. The second kappa shape index (κ2) is 16.3. The molecule has 0 spiro atoms. The van der Waals surface area contributed by atoms with Gasteiger partial charge in [-0.2, -0.15) is 0 Å². The van der Waals surface area contributed by atoms with Gasteiger partial charge in [-0.3, -0.25) is 9.69 Å². The Bertz CT molecular complexity index is 1860. The molecule has 4 aromatic rings. The van der Waals surface area contributed by atoms with Crippen LogP contribution in [0.4, 0.5) is 9.59 Å². The first-order chi connectivity index (χ1) is 25.1. The van der Waals surface area contributed by atoms with E-state index in [1.54, 1.807) is 11.1 Å². The number of carbonyl (C=O) groups excluding carboxylic acids is 3. The van der Waals surface area contributed by atoms with E-state index in [4.69, 9.17) is 14.2 Å². The molecule has 1 saturated heterocycles. The number of aromatic nitrogens is 4. The molecule has 6 rings (SSSR count). The maximum atomic E-state index is 13.2. The Morgan fingerprint density at radius 2 is 1.48 bits per heavy atom. The standard InChI is InChI=1S/C39H47N7O6/c1-39(2,3)52-38(49)46-20-8-10-33(46)35-41-24-32(43-35)28-17-13-26(14-18-28)25-11-15-27(16-12-25)31-23-40-34(42-31)29-19-22-51-21-7-5-6-9-30(36(47)44-29)45-37(48)50-4/h5,7,11-18,23-24,29-30,33H,6,8-10,19-22H2,1-4H3,(H,40,42)(H,41,43)(H,44,47)(H,45,48)/t29-,30-,33-/m0/s1. The SMILES string of the molecule is COC(=O)N[C@H]1CCC=CCOCC[C@@H](c2ncc(-c3ccc(-c4ccc(-c5cnc([C@@H]6CCCN6C(=O)OC(C)(C)C)[nH]5)cc4)cc3)[nH]2)NC1=O. The van der Waals surface area contributed by atoms with Crippen LogP contribution < -0.4 is 10.6 Å². The lowest BCUT2D eigenvalue weighted by molar-refractivity contribution is -0.124. The van der Waals surface area contributed by atoms with Crippen molar-refractivity contribution in [1.29, 1.82) is 0 Å². The molecule has 0 radical (unpaired) electrons. The quantitative estimate of drug-likeness (QED) is 0.158. The highest BCUT2D eigenvalue weighted by atomic mass is 16.6. The van der Waals surface area contributed by atoms with Crippen molar-refractivity contribution in [2.24, 2.45) is 0 Å². The second-order valence-corrected chi connectivity index (χ2v) is 14.0. The Morgan fingerprint density at radius 3 is 2.12 bits per heavy atom. The van der Waals surface area contributed by atoms with Gasteiger partial charge in [0.1, 0.15) is 23.3 Å². The molecule has 0 bridgehead atoms. The lowest BCUT2D eigenvalue weighted by Gasteiger charge is -2.27. The van der Waals surface area contributed by atoms with Crippen LogP contribution in [0.1, 0.15) is 76.6 Å². The minimum absolute atomic E-state index is 0.138. The lowest BCUT2D eigenvalue weighted by atomic mass is 10.0. The van der Waals surface area contributed by atoms with E-state index in [-0.39, 0.29) is 18.0 Å². The molecule has 2 aliphatic heterocycles. The molecule has 52 heavy (non-hydrogen) atoms. The number of imidazole rings is 2. The fraction of sp³-hybridized carbons (Fsp3) is 0.410. The number of nitrogens with zero attached hydrogens (tertiary/aromatic N) is 3. The van der Waals surface area contributed by atoms with Crippen molar-refractivity contribution in [1.82, 2.24) is 35.5 Å². The minimum atomic E-state index is -0.748. The molecule has 13 heteroatoms. The fourth-order valence-corrected chi connectivity index (χ4v) is 6.41. The first kappa shape index (κ1) is 36.4. The maximum Gasteiger partial charge on any atom is 0.410 e. The highest BCUT2D eigenvalue weighted by Gasteiger charge is 2.35. The third-order valence-electron chi connectivity index (χ3n) is 9.11. The summed E-state index contributed by atoms with van der Waals surface area (Å²) >= 11 is 0. The molecule has 4 heterocycles. The van der Waals surface area contributed by atoms with Gasteiger partial charge in [0.15, 0.2) is 0 Å². The molecule has 3 atom stereocenters. The van der Waals surface area contributed by atoms with Crippen molar-refractivity contribution >= 4 is 18.1 Å². The van der Waals surface area contributed by atoms with Gasteiger partial charge in [-0.1, -0.05) is 60.7 Å². The summed E-state index contributed by atoms with van der Waals surface area (Å²) in [5, 5.41) is 5.67. The number of likely N-dealkylation sites (tertiary alicyclic amines) is 1. The molecule has 0 aliphatic carbocycles. The van der Waals surface area contributed by atoms with E-state index in [0.29, 0.717) is 44.8 Å². The molecule has 0 unspecified atom stereocenters. The van der Waals surface area contributed by atoms with Crippen LogP contribution in [0.15, 0.2) is 73.1 Å². The number of amides is 3. The van der Waals surface area contributed by atoms with E-state index in [9.17, 15) is 14.4 Å². The van der Waals surface area contributed by atoms with Crippen molar-refractivity contribution in [3.63, 3.8) is 0 Å². The van der Waals surface area contributed by atoms with Crippen molar-refractivity contribution in [3.05, 3.63) is 84.7 Å². The molecule has 274 valence electrons. The number of hydrogen-bond donors (Lipinski definition) is 4. The van der Waals surface area contributed by atoms with Gasteiger partial charge in [0.05, 0.1) is 49.6 Å². The summed E-state index contributed by atoms with van der Waals surface area (Å²) in [6.07, 6.45) is 9.72.